The molecule has 0 radical (unpaired) electrons. The van der Waals surface area contributed by atoms with Crippen molar-refractivity contribution in [2.75, 3.05) is 5.75 Å². The van der Waals surface area contributed by atoms with Crippen LogP contribution in [0.15, 0.2) is 30.6 Å². The molecule has 2 saturated carbocycles. The monoisotopic (exact) mass is 369 g/mol. The zero-order chi connectivity index (χ0) is 18.3. The molecule has 6 heteroatoms. The SMILES string of the molecule is CC1(C)[C@@H]2CCC13CS(=O)(=O)N(Cc1cn4ccccc4c1C#N)[C@@H]3C2. The number of hydrogen-bond acceptors (Lipinski definition) is 3. The van der Waals surface area contributed by atoms with Crippen molar-refractivity contribution in [1.29, 1.82) is 5.26 Å². The van der Waals surface area contributed by atoms with E-state index in [1.165, 1.54) is 0 Å². The summed E-state index contributed by atoms with van der Waals surface area (Å²) in [6.45, 7) is 4.83. The molecule has 2 aliphatic carbocycles. The number of nitrogens with zero attached hydrogens (tertiary/aromatic N) is 3. The third-order valence-electron chi connectivity index (χ3n) is 7.73. The van der Waals surface area contributed by atoms with Gasteiger partial charge in [0.15, 0.2) is 0 Å². The molecule has 2 aromatic rings. The Hall–Kier alpha value is -1.84. The molecule has 26 heavy (non-hydrogen) atoms. The standard InChI is InChI=1S/C20H23N3O2S/c1-19(2)15-6-7-20(19)13-26(24,25)23(18(20)9-15)12-14-11-22-8-4-3-5-17(22)16(14)10-21/h3-5,8,11,15,18H,6-7,9,12-13H2,1-2H3/t15-,18-,20?/m1/s1. The van der Waals surface area contributed by atoms with Crippen molar-refractivity contribution in [1.82, 2.24) is 8.71 Å². The summed E-state index contributed by atoms with van der Waals surface area (Å²) in [4.78, 5) is 0. The first-order valence-electron chi connectivity index (χ1n) is 9.28. The number of aromatic nitrogens is 1. The third-order valence-corrected chi connectivity index (χ3v) is 9.71. The minimum absolute atomic E-state index is 0.0725. The van der Waals surface area contributed by atoms with E-state index in [9.17, 15) is 13.7 Å². The van der Waals surface area contributed by atoms with Crippen LogP contribution in [-0.4, -0.2) is 28.9 Å². The second-order valence-electron chi connectivity index (χ2n) is 8.80. The van der Waals surface area contributed by atoms with E-state index in [0.29, 0.717) is 18.0 Å². The number of sulfonamides is 1. The molecule has 1 aliphatic heterocycles. The summed E-state index contributed by atoms with van der Waals surface area (Å²) >= 11 is 0. The maximum absolute atomic E-state index is 13.1. The van der Waals surface area contributed by atoms with Crippen LogP contribution in [0.3, 0.4) is 0 Å². The largest absolute Gasteiger partial charge is 0.322 e. The summed E-state index contributed by atoms with van der Waals surface area (Å²) in [6.07, 6.45) is 6.93. The summed E-state index contributed by atoms with van der Waals surface area (Å²) in [7, 11) is -3.31. The van der Waals surface area contributed by atoms with E-state index in [2.05, 4.69) is 19.9 Å². The fraction of sp³-hybridized carbons (Fsp3) is 0.550. The number of fused-ring (bicyclic) bond motifs is 2. The van der Waals surface area contributed by atoms with E-state index < -0.39 is 10.0 Å². The average Bonchev–Trinajstić information content (AvgIpc) is 3.20. The molecule has 3 aliphatic rings. The maximum Gasteiger partial charge on any atom is 0.215 e. The van der Waals surface area contributed by atoms with Gasteiger partial charge < -0.3 is 4.40 Å². The van der Waals surface area contributed by atoms with Gasteiger partial charge in [-0.15, -0.1) is 0 Å². The predicted octanol–water partition coefficient (Wildman–Crippen LogP) is 3.15. The zero-order valence-corrected chi connectivity index (χ0v) is 16.0. The van der Waals surface area contributed by atoms with Crippen molar-refractivity contribution in [2.45, 2.75) is 45.7 Å². The van der Waals surface area contributed by atoms with Gasteiger partial charge in [0.1, 0.15) is 6.07 Å². The Labute approximate surface area is 154 Å². The van der Waals surface area contributed by atoms with Gasteiger partial charge in [0.25, 0.3) is 0 Å². The first-order valence-corrected chi connectivity index (χ1v) is 10.9. The number of nitriles is 1. The minimum atomic E-state index is -3.31. The van der Waals surface area contributed by atoms with Crippen LogP contribution in [0.1, 0.15) is 44.2 Å². The van der Waals surface area contributed by atoms with Crippen LogP contribution in [0.25, 0.3) is 5.52 Å². The van der Waals surface area contributed by atoms with Crippen molar-refractivity contribution < 1.29 is 8.42 Å². The fourth-order valence-electron chi connectivity index (χ4n) is 6.18. The Morgan fingerprint density at radius 3 is 2.88 bits per heavy atom. The van der Waals surface area contributed by atoms with Gasteiger partial charge in [-0.2, -0.15) is 9.57 Å². The fourth-order valence-corrected chi connectivity index (χ4v) is 8.71. The van der Waals surface area contributed by atoms with Gasteiger partial charge in [-0.05, 0) is 42.7 Å². The van der Waals surface area contributed by atoms with Gasteiger partial charge in [-0.25, -0.2) is 8.42 Å². The van der Waals surface area contributed by atoms with E-state index in [1.54, 1.807) is 4.31 Å². The highest BCUT2D eigenvalue weighted by Gasteiger charge is 2.71. The zero-order valence-electron chi connectivity index (χ0n) is 15.1. The molecule has 0 amide bonds. The lowest BCUT2D eigenvalue weighted by molar-refractivity contribution is 0.112. The average molecular weight is 369 g/mol. The lowest BCUT2D eigenvalue weighted by Gasteiger charge is -2.37. The van der Waals surface area contributed by atoms with E-state index in [4.69, 9.17) is 0 Å². The molecule has 5 nitrogen and oxygen atoms in total. The Bertz CT molecular complexity index is 1060. The second-order valence-corrected chi connectivity index (χ2v) is 10.7. The van der Waals surface area contributed by atoms with Crippen LogP contribution in [0.5, 0.6) is 0 Å². The molecule has 2 aromatic heterocycles. The normalized spacial score (nSPS) is 34.2. The molecule has 1 saturated heterocycles. The number of hydrogen-bond donors (Lipinski definition) is 0. The summed E-state index contributed by atoms with van der Waals surface area (Å²) in [5.74, 6) is 0.873. The summed E-state index contributed by atoms with van der Waals surface area (Å²) < 4.78 is 29.8. The molecule has 3 fully saturated rings. The van der Waals surface area contributed by atoms with Crippen molar-refractivity contribution >= 4 is 15.5 Å². The predicted molar refractivity (Wildman–Crippen MR) is 98.8 cm³/mol. The number of pyridine rings is 1. The van der Waals surface area contributed by atoms with Gasteiger partial charge >= 0.3 is 0 Å². The first kappa shape index (κ1) is 16.3. The Kier molecular flexibility index (Phi) is 3.08. The van der Waals surface area contributed by atoms with Gasteiger partial charge in [0.2, 0.25) is 10.0 Å². The molecule has 5 rings (SSSR count). The Morgan fingerprint density at radius 1 is 1.35 bits per heavy atom. The number of rotatable bonds is 2. The van der Waals surface area contributed by atoms with Crippen molar-refractivity contribution in [3.05, 3.63) is 41.7 Å². The lowest BCUT2D eigenvalue weighted by atomic mass is 9.69. The van der Waals surface area contributed by atoms with Crippen LogP contribution in [0.2, 0.25) is 0 Å². The molecule has 136 valence electrons. The van der Waals surface area contributed by atoms with Gasteiger partial charge in [0, 0.05) is 36.0 Å². The van der Waals surface area contributed by atoms with Crippen molar-refractivity contribution in [3.63, 3.8) is 0 Å². The topological polar surface area (TPSA) is 65.6 Å². The quantitative estimate of drug-likeness (QED) is 0.817. The van der Waals surface area contributed by atoms with E-state index in [1.807, 2.05) is 35.0 Å². The molecule has 1 unspecified atom stereocenters. The third kappa shape index (κ3) is 1.80. The molecule has 1 spiro atoms. The Balaban J connectivity index is 1.59. The highest BCUT2D eigenvalue weighted by atomic mass is 32.2. The van der Waals surface area contributed by atoms with Crippen LogP contribution in [-0.2, 0) is 16.6 Å². The molecular weight excluding hydrogens is 346 g/mol. The molecule has 0 aromatic carbocycles. The van der Waals surface area contributed by atoms with Crippen LogP contribution >= 0.6 is 0 Å². The smallest absolute Gasteiger partial charge is 0.215 e. The van der Waals surface area contributed by atoms with Gasteiger partial charge in [-0.3, -0.25) is 0 Å². The second kappa shape index (κ2) is 4.90. The first-order chi connectivity index (χ1) is 12.3. The van der Waals surface area contributed by atoms with Crippen LogP contribution < -0.4 is 0 Å². The molecule has 0 N–H and O–H groups in total. The lowest BCUT2D eigenvalue weighted by Crippen LogP contribution is -2.41. The van der Waals surface area contributed by atoms with Crippen molar-refractivity contribution in [2.24, 2.45) is 16.7 Å². The molecule has 3 atom stereocenters. The van der Waals surface area contributed by atoms with Crippen molar-refractivity contribution in [3.8, 4) is 6.07 Å². The van der Waals surface area contributed by atoms with Crippen LogP contribution in [0.4, 0.5) is 0 Å². The maximum atomic E-state index is 13.1. The molecule has 3 heterocycles. The summed E-state index contributed by atoms with van der Waals surface area (Å²) in [5, 5.41) is 9.65. The highest BCUT2D eigenvalue weighted by molar-refractivity contribution is 7.89. The Morgan fingerprint density at radius 2 is 2.15 bits per heavy atom. The minimum Gasteiger partial charge on any atom is -0.322 e. The molecular formula is C20H23N3O2S. The van der Waals surface area contributed by atoms with E-state index in [-0.39, 0.29) is 22.6 Å². The molecule has 2 bridgehead atoms. The van der Waals surface area contributed by atoms with Gasteiger partial charge in [0.05, 0.1) is 16.8 Å². The highest BCUT2D eigenvalue weighted by Crippen LogP contribution is 2.70. The van der Waals surface area contributed by atoms with E-state index >= 15 is 0 Å². The van der Waals surface area contributed by atoms with Gasteiger partial charge in [-0.1, -0.05) is 19.9 Å². The summed E-state index contributed by atoms with van der Waals surface area (Å²) in [5.41, 5.74) is 2.18. The van der Waals surface area contributed by atoms with E-state index in [0.717, 1.165) is 30.3 Å². The summed E-state index contributed by atoms with van der Waals surface area (Å²) in [6, 6.07) is 8.09. The van der Waals surface area contributed by atoms with Crippen LogP contribution in [0, 0.1) is 28.1 Å².